The Kier molecular flexibility index (Phi) is 6.60. The van der Waals surface area contributed by atoms with E-state index in [9.17, 15) is 9.59 Å². The quantitative estimate of drug-likeness (QED) is 0.759. The molecule has 1 unspecified atom stereocenters. The molecule has 26 heavy (non-hydrogen) atoms. The van der Waals surface area contributed by atoms with Crippen LogP contribution in [0, 0.1) is 13.8 Å². The number of amides is 1. The van der Waals surface area contributed by atoms with Gasteiger partial charge < -0.3 is 19.9 Å². The zero-order chi connectivity index (χ0) is 19.1. The van der Waals surface area contributed by atoms with Gasteiger partial charge in [0.2, 0.25) is 0 Å². The molecule has 138 valence electrons. The summed E-state index contributed by atoms with van der Waals surface area (Å²) in [5.41, 5.74) is 2.49. The first-order valence-corrected chi connectivity index (χ1v) is 8.31. The lowest BCUT2D eigenvalue weighted by atomic mass is 10.1. The lowest BCUT2D eigenvalue weighted by molar-refractivity contribution is -0.139. The molecule has 0 aliphatic carbocycles. The molecule has 0 heterocycles. The summed E-state index contributed by atoms with van der Waals surface area (Å²) < 4.78 is 10.9. The van der Waals surface area contributed by atoms with Crippen molar-refractivity contribution in [3.63, 3.8) is 0 Å². The minimum atomic E-state index is -1.07. The number of ether oxygens (including phenoxy) is 2. The van der Waals surface area contributed by atoms with Crippen molar-refractivity contribution in [1.29, 1.82) is 0 Å². The summed E-state index contributed by atoms with van der Waals surface area (Å²) in [4.78, 5) is 22.9. The number of carbonyl (C=O) groups excluding carboxylic acids is 1. The molecule has 0 saturated carbocycles. The van der Waals surface area contributed by atoms with E-state index in [1.165, 1.54) is 6.07 Å². The van der Waals surface area contributed by atoms with Crippen LogP contribution < -0.4 is 14.8 Å². The maximum absolute atomic E-state index is 12.4. The number of hydrogen-bond acceptors (Lipinski definition) is 4. The Morgan fingerprint density at radius 2 is 1.73 bits per heavy atom. The highest BCUT2D eigenvalue weighted by atomic mass is 16.5. The van der Waals surface area contributed by atoms with Gasteiger partial charge in [-0.15, -0.1) is 0 Å². The molecule has 2 aromatic rings. The zero-order valence-corrected chi connectivity index (χ0v) is 15.1. The summed E-state index contributed by atoms with van der Waals surface area (Å²) in [6.07, 6.45) is 0. The van der Waals surface area contributed by atoms with Crippen molar-refractivity contribution in [2.45, 2.75) is 26.8 Å². The Balaban J connectivity index is 1.92. The molecule has 0 aliphatic heterocycles. The number of rotatable bonds is 8. The maximum atomic E-state index is 12.4. The number of para-hydroxylation sites is 1. The Bertz CT molecular complexity index is 767. The van der Waals surface area contributed by atoms with Crippen molar-refractivity contribution in [3.8, 4) is 11.5 Å². The van der Waals surface area contributed by atoms with Crippen molar-refractivity contribution in [3.05, 3.63) is 59.2 Å². The highest BCUT2D eigenvalue weighted by Gasteiger charge is 2.13. The summed E-state index contributed by atoms with van der Waals surface area (Å²) >= 11 is 0. The number of carboxylic acid groups (broad SMARTS) is 1. The molecule has 0 aliphatic rings. The van der Waals surface area contributed by atoms with E-state index in [1.807, 2.05) is 39.0 Å². The second kappa shape index (κ2) is 8.89. The first-order chi connectivity index (χ1) is 12.4. The third-order valence-corrected chi connectivity index (χ3v) is 3.72. The predicted octanol–water partition coefficient (Wildman–Crippen LogP) is 2.96. The summed E-state index contributed by atoms with van der Waals surface area (Å²) in [6, 6.07) is 12.1. The molecular weight excluding hydrogens is 334 g/mol. The Hall–Kier alpha value is -3.02. The van der Waals surface area contributed by atoms with Gasteiger partial charge >= 0.3 is 5.97 Å². The van der Waals surface area contributed by atoms with E-state index in [0.717, 1.165) is 16.9 Å². The van der Waals surface area contributed by atoms with Crippen LogP contribution in [0.2, 0.25) is 0 Å². The summed E-state index contributed by atoms with van der Waals surface area (Å²) in [6.45, 7) is 5.70. The van der Waals surface area contributed by atoms with Crippen LogP contribution in [-0.4, -0.2) is 36.2 Å². The SMILES string of the molecule is Cc1cccc(C)c1OCC(C)NC(=O)c1cccc(OCC(=O)O)c1. The number of hydrogen-bond donors (Lipinski definition) is 2. The van der Waals surface area contributed by atoms with Gasteiger partial charge in [0.25, 0.3) is 5.91 Å². The van der Waals surface area contributed by atoms with Crippen LogP contribution in [0.15, 0.2) is 42.5 Å². The van der Waals surface area contributed by atoms with Crippen LogP contribution in [0.1, 0.15) is 28.4 Å². The second-order valence-corrected chi connectivity index (χ2v) is 6.12. The molecule has 6 heteroatoms. The van der Waals surface area contributed by atoms with Crippen molar-refractivity contribution < 1.29 is 24.2 Å². The number of aliphatic carboxylic acids is 1. The van der Waals surface area contributed by atoms with Gasteiger partial charge in [0.15, 0.2) is 6.61 Å². The van der Waals surface area contributed by atoms with Crippen LogP contribution in [0.3, 0.4) is 0 Å². The number of aryl methyl sites for hydroxylation is 2. The molecule has 0 radical (unpaired) electrons. The van der Waals surface area contributed by atoms with E-state index in [4.69, 9.17) is 14.6 Å². The molecule has 6 nitrogen and oxygen atoms in total. The first-order valence-electron chi connectivity index (χ1n) is 8.31. The van der Waals surface area contributed by atoms with E-state index in [1.54, 1.807) is 18.2 Å². The third kappa shape index (κ3) is 5.51. The van der Waals surface area contributed by atoms with Gasteiger partial charge in [0.05, 0.1) is 6.04 Å². The summed E-state index contributed by atoms with van der Waals surface area (Å²) in [5, 5.41) is 11.5. The Labute approximate surface area is 152 Å². The summed E-state index contributed by atoms with van der Waals surface area (Å²) in [5.74, 6) is -0.183. The van der Waals surface area contributed by atoms with Gasteiger partial charge in [0.1, 0.15) is 18.1 Å². The fourth-order valence-corrected chi connectivity index (χ4v) is 2.46. The van der Waals surface area contributed by atoms with Crippen molar-refractivity contribution in [2.24, 2.45) is 0 Å². The van der Waals surface area contributed by atoms with Gasteiger partial charge in [-0.1, -0.05) is 24.3 Å². The van der Waals surface area contributed by atoms with Crippen molar-refractivity contribution in [2.75, 3.05) is 13.2 Å². The Morgan fingerprint density at radius 3 is 2.38 bits per heavy atom. The molecular formula is C20H23NO5. The first kappa shape index (κ1) is 19.3. The van der Waals surface area contributed by atoms with E-state index in [0.29, 0.717) is 17.9 Å². The van der Waals surface area contributed by atoms with Crippen LogP contribution in [-0.2, 0) is 4.79 Å². The number of benzene rings is 2. The molecule has 0 bridgehead atoms. The number of carbonyl (C=O) groups is 2. The van der Waals surface area contributed by atoms with E-state index >= 15 is 0 Å². The lowest BCUT2D eigenvalue weighted by Gasteiger charge is -2.17. The van der Waals surface area contributed by atoms with Gasteiger partial charge in [-0.2, -0.15) is 0 Å². The largest absolute Gasteiger partial charge is 0.491 e. The molecule has 2 rings (SSSR count). The predicted molar refractivity (Wildman–Crippen MR) is 97.9 cm³/mol. The van der Waals surface area contributed by atoms with Crippen LogP contribution in [0.4, 0.5) is 0 Å². The molecule has 0 saturated heterocycles. The van der Waals surface area contributed by atoms with Gasteiger partial charge in [0, 0.05) is 5.56 Å². The van der Waals surface area contributed by atoms with Gasteiger partial charge in [-0.25, -0.2) is 4.79 Å². The fraction of sp³-hybridized carbons (Fsp3) is 0.300. The average Bonchev–Trinajstić information content (AvgIpc) is 2.59. The minimum Gasteiger partial charge on any atom is -0.491 e. The van der Waals surface area contributed by atoms with E-state index in [-0.39, 0.29) is 11.9 Å². The van der Waals surface area contributed by atoms with Crippen molar-refractivity contribution >= 4 is 11.9 Å². The maximum Gasteiger partial charge on any atom is 0.341 e. The molecule has 0 spiro atoms. The van der Waals surface area contributed by atoms with Crippen LogP contribution in [0.5, 0.6) is 11.5 Å². The fourth-order valence-electron chi connectivity index (χ4n) is 2.46. The number of carboxylic acids is 1. The molecule has 1 atom stereocenters. The lowest BCUT2D eigenvalue weighted by Crippen LogP contribution is -2.36. The van der Waals surface area contributed by atoms with Gasteiger partial charge in [-0.05, 0) is 50.1 Å². The smallest absolute Gasteiger partial charge is 0.341 e. The number of nitrogens with one attached hydrogen (secondary N) is 1. The molecule has 0 aromatic heterocycles. The molecule has 2 aromatic carbocycles. The van der Waals surface area contributed by atoms with E-state index < -0.39 is 12.6 Å². The molecule has 2 N–H and O–H groups in total. The molecule has 0 fully saturated rings. The normalized spacial score (nSPS) is 11.5. The highest BCUT2D eigenvalue weighted by Crippen LogP contribution is 2.22. The van der Waals surface area contributed by atoms with Crippen molar-refractivity contribution in [1.82, 2.24) is 5.32 Å². The Morgan fingerprint density at radius 1 is 1.08 bits per heavy atom. The van der Waals surface area contributed by atoms with Crippen LogP contribution >= 0.6 is 0 Å². The van der Waals surface area contributed by atoms with Gasteiger partial charge in [-0.3, -0.25) is 4.79 Å². The summed E-state index contributed by atoms with van der Waals surface area (Å²) in [7, 11) is 0. The topological polar surface area (TPSA) is 84.9 Å². The third-order valence-electron chi connectivity index (χ3n) is 3.72. The zero-order valence-electron chi connectivity index (χ0n) is 15.1. The monoisotopic (exact) mass is 357 g/mol. The standard InChI is InChI=1S/C20H23NO5/c1-13-6-4-7-14(2)19(13)26-11-15(3)21-20(24)16-8-5-9-17(10-16)25-12-18(22)23/h4-10,15H,11-12H2,1-3H3,(H,21,24)(H,22,23). The second-order valence-electron chi connectivity index (χ2n) is 6.12. The molecule has 1 amide bonds. The van der Waals surface area contributed by atoms with E-state index in [2.05, 4.69) is 5.32 Å². The minimum absolute atomic E-state index is 0.204. The van der Waals surface area contributed by atoms with Crippen LogP contribution in [0.25, 0.3) is 0 Å². The highest BCUT2D eigenvalue weighted by molar-refractivity contribution is 5.94. The average molecular weight is 357 g/mol.